The molecule has 7 nitrogen and oxygen atoms in total. The molecule has 2 atom stereocenters. The van der Waals surface area contributed by atoms with Gasteiger partial charge in [-0.2, -0.15) is 0 Å². The quantitative estimate of drug-likeness (QED) is 0.240. The predicted octanol–water partition coefficient (Wildman–Crippen LogP) is 4.99. The van der Waals surface area contributed by atoms with Gasteiger partial charge in [-0.1, -0.05) is 44.0 Å². The van der Waals surface area contributed by atoms with Crippen molar-refractivity contribution in [3.8, 4) is 11.1 Å². The molecule has 3 aromatic rings. The van der Waals surface area contributed by atoms with E-state index < -0.39 is 27.2 Å². The van der Waals surface area contributed by atoms with Crippen LogP contribution < -0.4 is 10.3 Å². The Balaban J connectivity index is 2.21. The van der Waals surface area contributed by atoms with Crippen molar-refractivity contribution in [3.05, 3.63) is 92.4 Å². The van der Waals surface area contributed by atoms with Gasteiger partial charge in [0.15, 0.2) is 15.6 Å². The molecular formula is C28H33ClN2O5S2. The van der Waals surface area contributed by atoms with E-state index >= 15 is 0 Å². The number of ketones is 1. The van der Waals surface area contributed by atoms with Crippen molar-refractivity contribution >= 4 is 38.6 Å². The number of rotatable bonds is 12. The number of sulfone groups is 1. The molecule has 0 aliphatic carbocycles. The van der Waals surface area contributed by atoms with Gasteiger partial charge in [0, 0.05) is 58.1 Å². The highest BCUT2D eigenvalue weighted by molar-refractivity contribution is 7.90. The minimum Gasteiger partial charge on any atom is -0.598 e. The lowest BCUT2D eigenvalue weighted by Gasteiger charge is -2.21. The lowest BCUT2D eigenvalue weighted by molar-refractivity contribution is 0.103. The lowest BCUT2D eigenvalue weighted by atomic mass is 9.89. The van der Waals surface area contributed by atoms with Crippen LogP contribution in [0.25, 0.3) is 11.1 Å². The molecule has 0 aliphatic rings. The van der Waals surface area contributed by atoms with Crippen LogP contribution in [0.3, 0.4) is 0 Å². The van der Waals surface area contributed by atoms with Crippen LogP contribution in [0.1, 0.15) is 66.7 Å². The Morgan fingerprint density at radius 2 is 1.79 bits per heavy atom. The molecule has 0 fully saturated rings. The zero-order valence-electron chi connectivity index (χ0n) is 22.0. The van der Waals surface area contributed by atoms with Gasteiger partial charge in [-0.25, -0.2) is 8.42 Å². The van der Waals surface area contributed by atoms with Crippen molar-refractivity contribution in [2.75, 3.05) is 11.5 Å². The maximum atomic E-state index is 13.6. The highest BCUT2D eigenvalue weighted by Gasteiger charge is 2.24. The average molecular weight is 577 g/mol. The van der Waals surface area contributed by atoms with Gasteiger partial charge < -0.3 is 9.12 Å². The van der Waals surface area contributed by atoms with E-state index in [2.05, 4.69) is 4.72 Å². The maximum absolute atomic E-state index is 13.6. The Hall–Kier alpha value is -2.43. The minimum atomic E-state index is -3.34. The Labute approximate surface area is 232 Å². The van der Waals surface area contributed by atoms with Gasteiger partial charge in [0.05, 0.1) is 11.8 Å². The van der Waals surface area contributed by atoms with E-state index in [4.69, 9.17) is 11.6 Å². The Morgan fingerprint density at radius 1 is 1.11 bits per heavy atom. The zero-order chi connectivity index (χ0) is 28.0. The number of nitrogens with zero attached hydrogens (tertiary/aromatic N) is 1. The molecule has 1 N–H and O–H groups in total. The average Bonchev–Trinajstić information content (AvgIpc) is 2.88. The Kier molecular flexibility index (Phi) is 10.4. The normalized spacial score (nSPS) is 13.3. The molecular weight excluding hydrogens is 544 g/mol. The fraction of sp³-hybridized carbons (Fsp3) is 0.357. The third-order valence-electron chi connectivity index (χ3n) is 6.27. The zero-order valence-corrected chi connectivity index (χ0v) is 24.4. The molecule has 0 amide bonds. The molecule has 0 unspecified atom stereocenters. The summed E-state index contributed by atoms with van der Waals surface area (Å²) in [6, 6.07) is 12.5. The van der Waals surface area contributed by atoms with Crippen LogP contribution in [0.2, 0.25) is 5.02 Å². The van der Waals surface area contributed by atoms with E-state index in [1.54, 1.807) is 62.6 Å². The highest BCUT2D eigenvalue weighted by atomic mass is 35.5. The predicted molar refractivity (Wildman–Crippen MR) is 155 cm³/mol. The summed E-state index contributed by atoms with van der Waals surface area (Å²) >= 11 is 4.70. The van der Waals surface area contributed by atoms with Crippen molar-refractivity contribution in [3.63, 3.8) is 0 Å². The molecule has 204 valence electrons. The number of carbonyl (C=O) groups excluding carboxylic acids is 1. The van der Waals surface area contributed by atoms with Crippen LogP contribution in [-0.2, 0) is 34.0 Å². The summed E-state index contributed by atoms with van der Waals surface area (Å²) in [7, 11) is -1.72. The highest BCUT2D eigenvalue weighted by Crippen LogP contribution is 2.33. The number of halogens is 1. The van der Waals surface area contributed by atoms with E-state index in [9.17, 15) is 22.6 Å². The van der Waals surface area contributed by atoms with Crippen LogP contribution in [0, 0.1) is 0 Å². The van der Waals surface area contributed by atoms with Crippen molar-refractivity contribution in [1.29, 1.82) is 0 Å². The maximum Gasteiger partial charge on any atom is 0.250 e. The molecule has 10 heteroatoms. The molecule has 0 spiro atoms. The fourth-order valence-electron chi connectivity index (χ4n) is 4.04. The number of aromatic nitrogens is 1. The molecule has 0 aliphatic heterocycles. The second-order valence-electron chi connectivity index (χ2n) is 9.23. The SMILES string of the molecule is CCCC[S@+]([O-])N[C@@H](C)c1cc(=O)n(C)cc1-c1cc(CS(=O)(=O)CC)ccc1C(=O)c1ccc(Cl)cc1. The molecule has 38 heavy (non-hydrogen) atoms. The number of pyridine rings is 1. The number of benzene rings is 2. The molecule has 0 saturated carbocycles. The molecule has 0 bridgehead atoms. The Bertz CT molecular complexity index is 1450. The van der Waals surface area contributed by atoms with E-state index in [1.807, 2.05) is 13.8 Å². The van der Waals surface area contributed by atoms with Crippen LogP contribution in [0.5, 0.6) is 0 Å². The van der Waals surface area contributed by atoms with Crippen LogP contribution in [0.15, 0.2) is 59.5 Å². The van der Waals surface area contributed by atoms with Crippen LogP contribution >= 0.6 is 11.6 Å². The summed E-state index contributed by atoms with van der Waals surface area (Å²) in [5.41, 5.74) is 2.68. The first-order chi connectivity index (χ1) is 18.0. The van der Waals surface area contributed by atoms with Crippen LogP contribution in [-0.4, -0.2) is 34.8 Å². The number of hydrogen-bond acceptors (Lipinski definition) is 6. The van der Waals surface area contributed by atoms with Gasteiger partial charge in [-0.15, -0.1) is 4.72 Å². The van der Waals surface area contributed by atoms with Crippen molar-refractivity contribution in [2.24, 2.45) is 7.05 Å². The summed E-state index contributed by atoms with van der Waals surface area (Å²) in [5.74, 6) is 0.0187. The summed E-state index contributed by atoms with van der Waals surface area (Å²) < 4.78 is 41.9. The first-order valence-electron chi connectivity index (χ1n) is 12.4. The van der Waals surface area contributed by atoms with Crippen molar-refractivity contribution in [2.45, 2.75) is 45.4 Å². The summed E-state index contributed by atoms with van der Waals surface area (Å²) in [6.07, 6.45) is 3.34. The number of unbranched alkanes of at least 4 members (excludes halogenated alkanes) is 1. The molecule has 3 rings (SSSR count). The largest absolute Gasteiger partial charge is 0.598 e. The second kappa shape index (κ2) is 13.1. The van der Waals surface area contributed by atoms with Crippen LogP contribution in [0.4, 0.5) is 0 Å². The second-order valence-corrected chi connectivity index (χ2v) is 13.4. The first-order valence-corrected chi connectivity index (χ1v) is 16.0. The lowest BCUT2D eigenvalue weighted by Crippen LogP contribution is -2.30. The van der Waals surface area contributed by atoms with Gasteiger partial charge in [0.1, 0.15) is 5.75 Å². The van der Waals surface area contributed by atoms with Gasteiger partial charge in [-0.05, 0) is 60.4 Å². The van der Waals surface area contributed by atoms with Gasteiger partial charge >= 0.3 is 0 Å². The van der Waals surface area contributed by atoms with Crippen molar-refractivity contribution in [1.82, 2.24) is 9.29 Å². The molecule has 1 aromatic heterocycles. The number of nitrogens with one attached hydrogen (secondary N) is 1. The van der Waals surface area contributed by atoms with E-state index in [0.29, 0.717) is 44.2 Å². The third-order valence-corrected chi connectivity index (χ3v) is 9.45. The number of carbonyl (C=O) groups is 1. The smallest absolute Gasteiger partial charge is 0.250 e. The van der Waals surface area contributed by atoms with E-state index in [-0.39, 0.29) is 22.8 Å². The minimum absolute atomic E-state index is 0.0105. The molecule has 0 radical (unpaired) electrons. The monoisotopic (exact) mass is 576 g/mol. The van der Waals surface area contributed by atoms with Crippen molar-refractivity contribution < 1.29 is 17.8 Å². The standard InChI is InChI=1S/C28H33ClN2O5S2/c1-5-7-14-37(34)30-19(3)24-16-27(32)31(4)17-26(24)25-15-20(18-38(35,36)6-2)8-13-23(25)28(33)21-9-11-22(29)12-10-21/h8-13,15-17,19,30H,5-7,14,18H2,1-4H3/t19-,37-/m0/s1. The van der Waals surface area contributed by atoms with E-state index in [0.717, 1.165) is 12.8 Å². The molecule has 1 heterocycles. The van der Waals surface area contributed by atoms with E-state index in [1.165, 1.54) is 10.6 Å². The topological polar surface area (TPSA) is 108 Å². The number of aryl methyl sites for hydroxylation is 1. The fourth-order valence-corrected chi connectivity index (χ4v) is 6.25. The van der Waals surface area contributed by atoms with Gasteiger partial charge in [0.25, 0.3) is 5.56 Å². The summed E-state index contributed by atoms with van der Waals surface area (Å²) in [6.45, 7) is 5.42. The molecule has 0 saturated heterocycles. The van der Waals surface area contributed by atoms with Gasteiger partial charge in [0.2, 0.25) is 0 Å². The molecule has 2 aromatic carbocycles. The van der Waals surface area contributed by atoms with Gasteiger partial charge in [-0.3, -0.25) is 9.59 Å². The third kappa shape index (κ3) is 7.57. The number of hydrogen-bond donors (Lipinski definition) is 1. The Morgan fingerprint density at radius 3 is 2.42 bits per heavy atom. The summed E-state index contributed by atoms with van der Waals surface area (Å²) in [4.78, 5) is 26.3. The first kappa shape index (κ1) is 30.1. The summed E-state index contributed by atoms with van der Waals surface area (Å²) in [5, 5.41) is 0.498.